The van der Waals surface area contributed by atoms with Crippen molar-refractivity contribution < 1.29 is 9.53 Å². The van der Waals surface area contributed by atoms with Crippen LogP contribution in [-0.4, -0.2) is 27.6 Å². The summed E-state index contributed by atoms with van der Waals surface area (Å²) in [7, 11) is 2.51. The summed E-state index contributed by atoms with van der Waals surface area (Å²) < 4.78 is 5.49. The number of hydrogen-bond acceptors (Lipinski definition) is 5. The Kier molecular flexibility index (Phi) is 2.62. The number of aromatic amines is 2. The lowest BCUT2D eigenvalue weighted by molar-refractivity contribution is 0.0599. The summed E-state index contributed by atoms with van der Waals surface area (Å²) in [6, 6.07) is 0. The maximum absolute atomic E-state index is 12.0. The van der Waals surface area contributed by atoms with Crippen LogP contribution in [0.2, 0.25) is 0 Å². The van der Waals surface area contributed by atoms with Crippen LogP contribution in [0.25, 0.3) is 11.0 Å². The topological polar surface area (TPSA) is 114 Å². The molecule has 94 valence electrons. The van der Waals surface area contributed by atoms with Crippen LogP contribution in [0.15, 0.2) is 20.6 Å². The van der Waals surface area contributed by atoms with Crippen LogP contribution >= 0.6 is 0 Å². The number of aryl methyl sites for hydroxylation is 1. The standard InChI is InChI=1S/C10H9N3O5/c1-13-7-5(8(15)12-10(13)17)6(14)4(3-11-7)9(16)18-2/h3H,1-2H3,(H,11,14)(H,12,15,17). The molecule has 8 nitrogen and oxygen atoms in total. The minimum Gasteiger partial charge on any atom is -0.465 e. The maximum atomic E-state index is 12.0. The number of pyridine rings is 1. The van der Waals surface area contributed by atoms with Crippen molar-refractivity contribution >= 4 is 17.0 Å². The normalized spacial score (nSPS) is 10.6. The third-order valence-corrected chi connectivity index (χ3v) is 2.55. The van der Waals surface area contributed by atoms with Crippen LogP contribution in [0.1, 0.15) is 10.4 Å². The number of nitrogens with zero attached hydrogens (tertiary/aromatic N) is 1. The zero-order chi connectivity index (χ0) is 13.4. The predicted octanol–water partition coefficient (Wildman–Crippen LogP) is -1.30. The fourth-order valence-electron chi connectivity index (χ4n) is 1.60. The first kappa shape index (κ1) is 11.8. The van der Waals surface area contributed by atoms with Crippen molar-refractivity contribution in [2.75, 3.05) is 7.11 Å². The second kappa shape index (κ2) is 3.99. The first-order valence-corrected chi connectivity index (χ1v) is 4.90. The number of hydrogen-bond donors (Lipinski definition) is 2. The number of carbonyl (C=O) groups excluding carboxylic acids is 1. The van der Waals surface area contributed by atoms with Crippen LogP contribution in [0.3, 0.4) is 0 Å². The predicted molar refractivity (Wildman–Crippen MR) is 61.8 cm³/mol. The molecule has 0 atom stereocenters. The van der Waals surface area contributed by atoms with Gasteiger partial charge in [0.2, 0.25) is 5.43 Å². The van der Waals surface area contributed by atoms with E-state index in [0.717, 1.165) is 17.9 Å². The number of esters is 1. The number of fused-ring (bicyclic) bond motifs is 1. The molecule has 2 aromatic heterocycles. The van der Waals surface area contributed by atoms with Gasteiger partial charge in [-0.15, -0.1) is 0 Å². The number of methoxy groups -OCH3 is 1. The molecule has 0 aromatic carbocycles. The minimum absolute atomic E-state index is 0.0430. The van der Waals surface area contributed by atoms with E-state index in [0.29, 0.717) is 0 Å². The van der Waals surface area contributed by atoms with Gasteiger partial charge in [0.1, 0.15) is 16.6 Å². The van der Waals surface area contributed by atoms with Crippen molar-refractivity contribution in [3.05, 3.63) is 42.8 Å². The molecule has 8 heteroatoms. The van der Waals surface area contributed by atoms with Gasteiger partial charge in [-0.3, -0.25) is 19.1 Å². The molecule has 0 bridgehead atoms. The maximum Gasteiger partial charge on any atom is 0.343 e. The first-order chi connectivity index (χ1) is 8.47. The van der Waals surface area contributed by atoms with Crippen molar-refractivity contribution in [2.24, 2.45) is 7.05 Å². The van der Waals surface area contributed by atoms with Gasteiger partial charge >= 0.3 is 11.7 Å². The number of carbonyl (C=O) groups is 1. The van der Waals surface area contributed by atoms with Gasteiger partial charge in [0, 0.05) is 13.2 Å². The van der Waals surface area contributed by atoms with E-state index in [1.807, 2.05) is 4.98 Å². The number of ether oxygens (including phenoxy) is 1. The lowest BCUT2D eigenvalue weighted by Gasteiger charge is -2.04. The summed E-state index contributed by atoms with van der Waals surface area (Å²) in [5, 5.41) is -0.292. The third-order valence-electron chi connectivity index (χ3n) is 2.55. The van der Waals surface area contributed by atoms with Crippen LogP contribution in [0.5, 0.6) is 0 Å². The van der Waals surface area contributed by atoms with Crippen LogP contribution in [0, 0.1) is 0 Å². The van der Waals surface area contributed by atoms with Crippen molar-refractivity contribution in [3.63, 3.8) is 0 Å². The first-order valence-electron chi connectivity index (χ1n) is 4.90. The molecule has 0 aliphatic heterocycles. The molecule has 0 spiro atoms. The van der Waals surface area contributed by atoms with Gasteiger partial charge < -0.3 is 9.72 Å². The molecular formula is C10H9N3O5. The van der Waals surface area contributed by atoms with Crippen molar-refractivity contribution in [3.8, 4) is 0 Å². The van der Waals surface area contributed by atoms with Crippen molar-refractivity contribution in [1.82, 2.24) is 14.5 Å². The smallest absolute Gasteiger partial charge is 0.343 e. The molecule has 0 fully saturated rings. The average Bonchev–Trinajstić information content (AvgIpc) is 2.34. The molecule has 2 N–H and O–H groups in total. The number of aromatic nitrogens is 3. The van der Waals surface area contributed by atoms with Gasteiger partial charge in [-0.05, 0) is 0 Å². The Morgan fingerprint density at radius 2 is 2.00 bits per heavy atom. The Morgan fingerprint density at radius 1 is 1.33 bits per heavy atom. The van der Waals surface area contributed by atoms with Crippen molar-refractivity contribution in [1.29, 1.82) is 0 Å². The van der Waals surface area contributed by atoms with E-state index < -0.39 is 22.6 Å². The molecule has 2 heterocycles. The van der Waals surface area contributed by atoms with Gasteiger partial charge in [-0.25, -0.2) is 9.59 Å². The fourth-order valence-corrected chi connectivity index (χ4v) is 1.60. The molecule has 0 amide bonds. The Hall–Kier alpha value is -2.64. The highest BCUT2D eigenvalue weighted by atomic mass is 16.5. The molecular weight excluding hydrogens is 242 g/mol. The van der Waals surface area contributed by atoms with E-state index in [1.54, 1.807) is 0 Å². The van der Waals surface area contributed by atoms with E-state index >= 15 is 0 Å². The number of nitrogens with one attached hydrogen (secondary N) is 2. The SMILES string of the molecule is COC(=O)c1c[nH]c2c(c(=O)[nH]c(=O)n2C)c1=O. The molecule has 0 saturated carbocycles. The molecule has 2 rings (SSSR count). The van der Waals surface area contributed by atoms with Gasteiger partial charge in [0.05, 0.1) is 7.11 Å². The zero-order valence-electron chi connectivity index (χ0n) is 9.57. The summed E-state index contributed by atoms with van der Waals surface area (Å²) in [4.78, 5) is 50.8. The summed E-state index contributed by atoms with van der Waals surface area (Å²) >= 11 is 0. The van der Waals surface area contributed by atoms with Gasteiger partial charge in [-0.2, -0.15) is 0 Å². The molecule has 0 unspecified atom stereocenters. The highest BCUT2D eigenvalue weighted by molar-refractivity contribution is 5.92. The largest absolute Gasteiger partial charge is 0.465 e. The summed E-state index contributed by atoms with van der Waals surface area (Å²) in [5.74, 6) is -0.855. The van der Waals surface area contributed by atoms with Crippen molar-refractivity contribution in [2.45, 2.75) is 0 Å². The number of H-pyrrole nitrogens is 2. The monoisotopic (exact) mass is 251 g/mol. The van der Waals surface area contributed by atoms with E-state index in [4.69, 9.17) is 0 Å². The average molecular weight is 251 g/mol. The summed E-state index contributed by atoms with van der Waals surface area (Å²) in [6.07, 6.45) is 1.11. The summed E-state index contributed by atoms with van der Waals surface area (Å²) in [6.45, 7) is 0. The Balaban J connectivity index is 3.02. The van der Waals surface area contributed by atoms with Crippen LogP contribution in [-0.2, 0) is 11.8 Å². The quantitative estimate of drug-likeness (QED) is 0.611. The Morgan fingerprint density at radius 3 is 2.61 bits per heavy atom. The molecule has 2 aromatic rings. The van der Waals surface area contributed by atoms with E-state index in [-0.39, 0.29) is 16.6 Å². The molecule has 0 radical (unpaired) electrons. The van der Waals surface area contributed by atoms with Gasteiger partial charge in [0.25, 0.3) is 5.56 Å². The minimum atomic E-state index is -0.855. The number of rotatable bonds is 1. The van der Waals surface area contributed by atoms with Gasteiger partial charge in [0.15, 0.2) is 0 Å². The van der Waals surface area contributed by atoms with Gasteiger partial charge in [-0.1, -0.05) is 0 Å². The summed E-state index contributed by atoms with van der Waals surface area (Å²) in [5.41, 5.74) is -2.54. The lowest BCUT2D eigenvalue weighted by Crippen LogP contribution is -2.33. The fraction of sp³-hybridized carbons (Fsp3) is 0.200. The highest BCUT2D eigenvalue weighted by Crippen LogP contribution is 2.00. The molecule has 0 aliphatic carbocycles. The third kappa shape index (κ3) is 1.54. The van der Waals surface area contributed by atoms with E-state index in [9.17, 15) is 19.2 Å². The zero-order valence-corrected chi connectivity index (χ0v) is 9.57. The second-order valence-electron chi connectivity index (χ2n) is 3.56. The van der Waals surface area contributed by atoms with E-state index in [1.165, 1.54) is 7.05 Å². The van der Waals surface area contributed by atoms with Crippen LogP contribution < -0.4 is 16.7 Å². The lowest BCUT2D eigenvalue weighted by atomic mass is 10.2. The highest BCUT2D eigenvalue weighted by Gasteiger charge is 2.17. The van der Waals surface area contributed by atoms with Crippen LogP contribution in [0.4, 0.5) is 0 Å². The molecule has 18 heavy (non-hydrogen) atoms. The molecule has 0 aliphatic rings. The molecule has 0 saturated heterocycles. The second-order valence-corrected chi connectivity index (χ2v) is 3.56. The Labute approximate surface area is 98.8 Å². The Bertz CT molecular complexity index is 811. The van der Waals surface area contributed by atoms with E-state index in [2.05, 4.69) is 9.72 Å².